The Morgan fingerprint density at radius 3 is 2.94 bits per heavy atom. The zero-order valence-corrected chi connectivity index (χ0v) is 11.2. The number of alkyl carbamates (subject to hydrolysis) is 1. The number of halogens is 1. The number of rotatable bonds is 4. The normalized spacial score (nSPS) is 17.8. The lowest BCUT2D eigenvalue weighted by Crippen LogP contribution is -2.32. The van der Waals surface area contributed by atoms with Crippen LogP contribution in [0.2, 0.25) is 0 Å². The Kier molecular flexibility index (Phi) is 4.58. The summed E-state index contributed by atoms with van der Waals surface area (Å²) in [6, 6.07) is 9.52. The highest BCUT2D eigenvalue weighted by Crippen LogP contribution is 2.13. The van der Waals surface area contributed by atoms with Crippen LogP contribution >= 0.6 is 15.9 Å². The van der Waals surface area contributed by atoms with Crippen molar-refractivity contribution in [3.8, 4) is 0 Å². The SMILES string of the molecule is O=C(NCC1CC(Br)=NO1)OCc1ccccc1. The molecule has 1 aromatic carbocycles. The van der Waals surface area contributed by atoms with Crippen molar-refractivity contribution in [1.29, 1.82) is 0 Å². The molecule has 18 heavy (non-hydrogen) atoms. The van der Waals surface area contributed by atoms with E-state index in [-0.39, 0.29) is 12.7 Å². The van der Waals surface area contributed by atoms with Gasteiger partial charge in [-0.2, -0.15) is 0 Å². The minimum Gasteiger partial charge on any atom is -0.445 e. The molecular weight excluding hydrogens is 300 g/mol. The number of carbonyl (C=O) groups excluding carboxylic acids is 1. The van der Waals surface area contributed by atoms with Crippen LogP contribution < -0.4 is 5.32 Å². The van der Waals surface area contributed by atoms with Gasteiger partial charge in [0.25, 0.3) is 0 Å². The van der Waals surface area contributed by atoms with Crippen molar-refractivity contribution in [2.24, 2.45) is 5.16 Å². The number of hydrogen-bond acceptors (Lipinski definition) is 4. The van der Waals surface area contributed by atoms with E-state index in [0.717, 1.165) is 10.2 Å². The molecule has 1 N–H and O–H groups in total. The first-order valence-electron chi connectivity index (χ1n) is 5.57. The smallest absolute Gasteiger partial charge is 0.407 e. The molecule has 1 aliphatic heterocycles. The lowest BCUT2D eigenvalue weighted by atomic mass is 10.2. The largest absolute Gasteiger partial charge is 0.445 e. The lowest BCUT2D eigenvalue weighted by molar-refractivity contribution is 0.0797. The molecule has 0 fully saturated rings. The molecule has 0 saturated heterocycles. The lowest BCUT2D eigenvalue weighted by Gasteiger charge is -2.10. The van der Waals surface area contributed by atoms with Crippen LogP contribution in [0.25, 0.3) is 0 Å². The fourth-order valence-electron chi connectivity index (χ4n) is 1.47. The number of benzene rings is 1. The van der Waals surface area contributed by atoms with Gasteiger partial charge in [0.1, 0.15) is 11.2 Å². The number of amides is 1. The number of carbonyl (C=O) groups is 1. The summed E-state index contributed by atoms with van der Waals surface area (Å²) >= 11 is 3.23. The molecule has 1 aliphatic rings. The molecule has 1 aromatic rings. The standard InChI is InChI=1S/C12H13BrN2O3/c13-11-6-10(18-15-11)7-14-12(16)17-8-9-4-2-1-3-5-9/h1-5,10H,6-8H2,(H,14,16). The third kappa shape index (κ3) is 4.03. The van der Waals surface area contributed by atoms with Crippen molar-refractivity contribution in [2.75, 3.05) is 6.54 Å². The monoisotopic (exact) mass is 312 g/mol. The van der Waals surface area contributed by atoms with Crippen LogP contribution in [0.3, 0.4) is 0 Å². The number of nitrogens with one attached hydrogen (secondary N) is 1. The molecular formula is C12H13BrN2O3. The van der Waals surface area contributed by atoms with E-state index >= 15 is 0 Å². The van der Waals surface area contributed by atoms with Crippen LogP contribution in [0.4, 0.5) is 4.79 Å². The molecule has 0 aromatic heterocycles. The molecule has 1 heterocycles. The molecule has 1 amide bonds. The van der Waals surface area contributed by atoms with Gasteiger partial charge in [0.05, 0.1) is 6.54 Å². The van der Waals surface area contributed by atoms with E-state index in [1.54, 1.807) is 0 Å². The van der Waals surface area contributed by atoms with Gasteiger partial charge in [0, 0.05) is 6.42 Å². The summed E-state index contributed by atoms with van der Waals surface area (Å²) in [6.07, 6.45) is 0.0908. The Hall–Kier alpha value is -1.56. The minimum absolute atomic E-state index is 0.122. The average molecular weight is 313 g/mol. The van der Waals surface area contributed by atoms with E-state index < -0.39 is 6.09 Å². The Morgan fingerprint density at radius 2 is 2.28 bits per heavy atom. The zero-order chi connectivity index (χ0) is 12.8. The minimum atomic E-state index is -0.453. The molecule has 0 bridgehead atoms. The van der Waals surface area contributed by atoms with E-state index in [1.807, 2.05) is 30.3 Å². The maximum atomic E-state index is 11.4. The summed E-state index contributed by atoms with van der Waals surface area (Å²) in [5, 5.41) is 6.37. The van der Waals surface area contributed by atoms with E-state index in [1.165, 1.54) is 0 Å². The van der Waals surface area contributed by atoms with Gasteiger partial charge < -0.3 is 14.9 Å². The second kappa shape index (κ2) is 6.39. The van der Waals surface area contributed by atoms with Crippen LogP contribution in [0.15, 0.2) is 35.5 Å². The Morgan fingerprint density at radius 1 is 1.50 bits per heavy atom. The van der Waals surface area contributed by atoms with Gasteiger partial charge in [0.15, 0.2) is 6.10 Å². The fourth-order valence-corrected chi connectivity index (χ4v) is 1.92. The molecule has 0 aliphatic carbocycles. The van der Waals surface area contributed by atoms with E-state index in [2.05, 4.69) is 26.4 Å². The van der Waals surface area contributed by atoms with Gasteiger partial charge in [-0.15, -0.1) is 0 Å². The molecule has 0 radical (unpaired) electrons. The Bertz CT molecular complexity index is 436. The number of hydrogen-bond donors (Lipinski definition) is 1. The van der Waals surface area contributed by atoms with Crippen molar-refractivity contribution in [3.63, 3.8) is 0 Å². The molecule has 1 atom stereocenters. The molecule has 0 saturated carbocycles. The third-order valence-corrected chi connectivity index (χ3v) is 2.85. The number of oxime groups is 1. The maximum Gasteiger partial charge on any atom is 0.407 e. The summed E-state index contributed by atoms with van der Waals surface area (Å²) in [4.78, 5) is 16.5. The van der Waals surface area contributed by atoms with Crippen LogP contribution in [0.5, 0.6) is 0 Å². The molecule has 0 spiro atoms. The van der Waals surface area contributed by atoms with Crippen molar-refractivity contribution >= 4 is 26.6 Å². The zero-order valence-electron chi connectivity index (χ0n) is 9.64. The predicted molar refractivity (Wildman–Crippen MR) is 70.5 cm³/mol. The van der Waals surface area contributed by atoms with Crippen LogP contribution in [0.1, 0.15) is 12.0 Å². The highest BCUT2D eigenvalue weighted by atomic mass is 79.9. The van der Waals surface area contributed by atoms with Crippen molar-refractivity contribution in [1.82, 2.24) is 5.32 Å². The van der Waals surface area contributed by atoms with Crippen molar-refractivity contribution in [2.45, 2.75) is 19.1 Å². The molecule has 2 rings (SSSR count). The quantitative estimate of drug-likeness (QED) is 0.928. The first-order valence-corrected chi connectivity index (χ1v) is 6.36. The molecule has 5 nitrogen and oxygen atoms in total. The second-order valence-electron chi connectivity index (χ2n) is 3.84. The molecule has 96 valence electrons. The summed E-state index contributed by atoms with van der Waals surface area (Å²) in [6.45, 7) is 0.643. The number of nitrogens with zero attached hydrogens (tertiary/aromatic N) is 1. The topological polar surface area (TPSA) is 59.9 Å². The van der Waals surface area contributed by atoms with Crippen LogP contribution in [0, 0.1) is 0 Å². The van der Waals surface area contributed by atoms with Gasteiger partial charge in [-0.1, -0.05) is 35.5 Å². The van der Waals surface area contributed by atoms with Crippen LogP contribution in [-0.4, -0.2) is 23.4 Å². The first kappa shape index (κ1) is 12.9. The van der Waals surface area contributed by atoms with Crippen molar-refractivity contribution in [3.05, 3.63) is 35.9 Å². The Labute approximate surface area is 113 Å². The summed E-state index contributed by atoms with van der Waals surface area (Å²) in [7, 11) is 0. The third-order valence-electron chi connectivity index (χ3n) is 2.38. The van der Waals surface area contributed by atoms with Gasteiger partial charge in [-0.25, -0.2) is 4.79 Å². The highest BCUT2D eigenvalue weighted by Gasteiger charge is 2.19. The van der Waals surface area contributed by atoms with Gasteiger partial charge >= 0.3 is 6.09 Å². The first-order chi connectivity index (χ1) is 8.74. The summed E-state index contributed by atoms with van der Waals surface area (Å²) in [5.74, 6) is 0. The highest BCUT2D eigenvalue weighted by molar-refractivity contribution is 9.18. The van der Waals surface area contributed by atoms with Crippen molar-refractivity contribution < 1.29 is 14.4 Å². The Balaban J connectivity index is 1.64. The number of ether oxygens (including phenoxy) is 1. The second-order valence-corrected chi connectivity index (χ2v) is 4.76. The summed E-state index contributed by atoms with van der Waals surface area (Å²) in [5.41, 5.74) is 0.954. The molecule has 1 unspecified atom stereocenters. The van der Waals surface area contributed by atoms with Gasteiger partial charge in [-0.3, -0.25) is 0 Å². The predicted octanol–water partition coefficient (Wildman–Crippen LogP) is 2.41. The fraction of sp³-hybridized carbons (Fsp3) is 0.333. The van der Waals surface area contributed by atoms with E-state index in [4.69, 9.17) is 9.57 Å². The maximum absolute atomic E-state index is 11.4. The molecule has 6 heteroatoms. The van der Waals surface area contributed by atoms with E-state index in [0.29, 0.717) is 13.0 Å². The average Bonchev–Trinajstić information content (AvgIpc) is 2.81. The van der Waals surface area contributed by atoms with Gasteiger partial charge in [-0.05, 0) is 21.5 Å². The van der Waals surface area contributed by atoms with E-state index in [9.17, 15) is 4.79 Å². The summed E-state index contributed by atoms with van der Waals surface area (Å²) < 4.78 is 5.82. The van der Waals surface area contributed by atoms with Crippen LogP contribution in [-0.2, 0) is 16.2 Å². The van der Waals surface area contributed by atoms with Gasteiger partial charge in [0.2, 0.25) is 0 Å².